The van der Waals surface area contributed by atoms with Crippen LogP contribution in [-0.2, 0) is 19.0 Å². The van der Waals surface area contributed by atoms with Crippen molar-refractivity contribution in [3.63, 3.8) is 0 Å². The second kappa shape index (κ2) is 9.55. The number of amides is 1. The van der Waals surface area contributed by atoms with E-state index < -0.39 is 6.09 Å². The molecule has 1 aliphatic rings. The summed E-state index contributed by atoms with van der Waals surface area (Å²) in [5, 5.41) is 0. The van der Waals surface area contributed by atoms with Crippen molar-refractivity contribution in [2.75, 3.05) is 39.5 Å². The molecule has 0 aliphatic carbocycles. The molecule has 118 valence electrons. The predicted molar refractivity (Wildman–Crippen MR) is 78.3 cm³/mol. The zero-order chi connectivity index (χ0) is 15.7. The minimum Gasteiger partial charge on any atom is -0.445 e. The maximum Gasteiger partial charge on any atom is 0.410 e. The highest BCUT2D eigenvalue weighted by Crippen LogP contribution is 2.20. The van der Waals surface area contributed by atoms with Gasteiger partial charge >= 0.3 is 6.09 Å². The van der Waals surface area contributed by atoms with E-state index in [2.05, 4.69) is 6.58 Å². The van der Waals surface area contributed by atoms with E-state index in [1.54, 1.807) is 6.08 Å². The van der Waals surface area contributed by atoms with Crippen LogP contribution in [0.2, 0.25) is 0 Å². The minimum absolute atomic E-state index is 0.0710. The van der Waals surface area contributed by atoms with Gasteiger partial charge < -0.3 is 14.2 Å². The monoisotopic (exact) mass is 317 g/mol. The van der Waals surface area contributed by atoms with E-state index in [4.69, 9.17) is 25.8 Å². The normalized spacial score (nSPS) is 18.1. The number of alkyl halides is 1. The standard InChI is InChI=1S/C14H20ClNO5/c1-3-6-21-14(18)16-5-4-11(13(17)8-15)7-12(16)9-20-10-19-2/h3-4,12H,1,5-10H2,2H3/t12-/m1/s1. The van der Waals surface area contributed by atoms with E-state index in [1.165, 1.54) is 18.1 Å². The van der Waals surface area contributed by atoms with Crippen molar-refractivity contribution in [2.24, 2.45) is 0 Å². The lowest BCUT2D eigenvalue weighted by Gasteiger charge is -2.33. The van der Waals surface area contributed by atoms with Gasteiger partial charge in [-0.3, -0.25) is 9.69 Å². The Kier molecular flexibility index (Phi) is 8.04. The fourth-order valence-electron chi connectivity index (χ4n) is 1.97. The zero-order valence-electron chi connectivity index (χ0n) is 12.0. The summed E-state index contributed by atoms with van der Waals surface area (Å²) in [7, 11) is 1.51. The van der Waals surface area contributed by atoms with Gasteiger partial charge in [0.25, 0.3) is 0 Å². The summed E-state index contributed by atoms with van der Waals surface area (Å²) < 4.78 is 15.2. The number of ether oxygens (including phenoxy) is 3. The molecule has 1 atom stereocenters. The fraction of sp³-hybridized carbons (Fsp3) is 0.571. The van der Waals surface area contributed by atoms with Crippen molar-refractivity contribution >= 4 is 23.5 Å². The molecule has 6 nitrogen and oxygen atoms in total. The van der Waals surface area contributed by atoms with Crippen LogP contribution in [0.25, 0.3) is 0 Å². The number of halogens is 1. The second-order valence-electron chi connectivity index (χ2n) is 4.44. The Bertz CT molecular complexity index is 410. The Morgan fingerprint density at radius 2 is 2.33 bits per heavy atom. The summed E-state index contributed by atoms with van der Waals surface area (Å²) >= 11 is 5.57. The molecule has 1 aliphatic heterocycles. The molecule has 1 rings (SSSR count). The molecule has 0 radical (unpaired) electrons. The van der Waals surface area contributed by atoms with E-state index in [-0.39, 0.29) is 44.3 Å². The van der Waals surface area contributed by atoms with Gasteiger partial charge in [-0.05, 0) is 12.0 Å². The summed E-state index contributed by atoms with van der Waals surface area (Å²) in [6, 6.07) is -0.287. The lowest BCUT2D eigenvalue weighted by Crippen LogP contribution is -2.46. The molecular formula is C14H20ClNO5. The van der Waals surface area contributed by atoms with Crippen LogP contribution in [0.1, 0.15) is 6.42 Å². The van der Waals surface area contributed by atoms with Crippen molar-refractivity contribution in [1.82, 2.24) is 4.90 Å². The molecule has 0 aromatic carbocycles. The Morgan fingerprint density at radius 1 is 1.57 bits per heavy atom. The van der Waals surface area contributed by atoms with E-state index in [1.807, 2.05) is 0 Å². The predicted octanol–water partition coefficient (Wildman–Crippen LogP) is 1.74. The summed E-state index contributed by atoms with van der Waals surface area (Å²) in [6.07, 6.45) is 3.12. The molecule has 1 heterocycles. The number of hydrogen-bond acceptors (Lipinski definition) is 5. The smallest absolute Gasteiger partial charge is 0.410 e. The lowest BCUT2D eigenvalue weighted by atomic mass is 9.98. The summed E-state index contributed by atoms with van der Waals surface area (Å²) in [4.78, 5) is 25.2. The average Bonchev–Trinajstić information content (AvgIpc) is 2.51. The first kappa shape index (κ1) is 17.7. The third-order valence-electron chi connectivity index (χ3n) is 2.98. The number of nitrogens with zero attached hydrogens (tertiary/aromatic N) is 1. The number of methoxy groups -OCH3 is 1. The number of carbonyl (C=O) groups excluding carboxylic acids is 2. The summed E-state index contributed by atoms with van der Waals surface area (Å²) in [5.41, 5.74) is 0.615. The molecule has 21 heavy (non-hydrogen) atoms. The van der Waals surface area contributed by atoms with Crippen molar-refractivity contribution in [3.8, 4) is 0 Å². The largest absolute Gasteiger partial charge is 0.445 e. The molecule has 0 spiro atoms. The van der Waals surface area contributed by atoms with Gasteiger partial charge in [0, 0.05) is 13.7 Å². The van der Waals surface area contributed by atoms with Gasteiger partial charge in [0.05, 0.1) is 18.5 Å². The maximum atomic E-state index is 12.0. The molecule has 0 unspecified atom stereocenters. The highest BCUT2D eigenvalue weighted by molar-refractivity contribution is 6.30. The van der Waals surface area contributed by atoms with E-state index >= 15 is 0 Å². The Hall–Kier alpha value is -1.37. The molecular weight excluding hydrogens is 298 g/mol. The van der Waals surface area contributed by atoms with Crippen LogP contribution >= 0.6 is 11.6 Å². The van der Waals surface area contributed by atoms with Crippen molar-refractivity contribution in [1.29, 1.82) is 0 Å². The maximum absolute atomic E-state index is 12.0. The average molecular weight is 318 g/mol. The van der Waals surface area contributed by atoms with Gasteiger partial charge in [-0.15, -0.1) is 11.6 Å². The number of rotatable bonds is 8. The fourth-order valence-corrected chi connectivity index (χ4v) is 2.14. The van der Waals surface area contributed by atoms with Crippen LogP contribution in [-0.4, -0.2) is 62.4 Å². The van der Waals surface area contributed by atoms with Gasteiger partial charge in [0.2, 0.25) is 0 Å². The van der Waals surface area contributed by atoms with Crippen LogP contribution in [0.15, 0.2) is 24.3 Å². The van der Waals surface area contributed by atoms with Gasteiger partial charge in [-0.25, -0.2) is 4.79 Å². The quantitative estimate of drug-likeness (QED) is 0.295. The SMILES string of the molecule is C=CCOC(=O)N1CC=C(C(=O)CCl)C[C@@H]1COCOC. The minimum atomic E-state index is -0.463. The Morgan fingerprint density at radius 3 is 2.95 bits per heavy atom. The van der Waals surface area contributed by atoms with Gasteiger partial charge in [-0.1, -0.05) is 18.7 Å². The molecule has 1 amide bonds. The number of carbonyl (C=O) groups is 2. The second-order valence-corrected chi connectivity index (χ2v) is 4.71. The number of hydrogen-bond donors (Lipinski definition) is 0. The van der Waals surface area contributed by atoms with Crippen LogP contribution in [0.5, 0.6) is 0 Å². The van der Waals surface area contributed by atoms with Crippen molar-refractivity contribution in [3.05, 3.63) is 24.3 Å². The summed E-state index contributed by atoms with van der Waals surface area (Å²) in [5.74, 6) is -0.203. The van der Waals surface area contributed by atoms with Crippen LogP contribution < -0.4 is 0 Å². The van der Waals surface area contributed by atoms with E-state index in [0.29, 0.717) is 12.0 Å². The van der Waals surface area contributed by atoms with Gasteiger partial charge in [-0.2, -0.15) is 0 Å². The molecule has 0 fully saturated rings. The van der Waals surface area contributed by atoms with Gasteiger partial charge in [0.1, 0.15) is 13.4 Å². The first-order chi connectivity index (χ1) is 10.1. The van der Waals surface area contributed by atoms with Crippen LogP contribution in [0.3, 0.4) is 0 Å². The third-order valence-corrected chi connectivity index (χ3v) is 3.22. The molecule has 0 saturated carbocycles. The number of ketones is 1. The van der Waals surface area contributed by atoms with E-state index in [0.717, 1.165) is 0 Å². The Balaban J connectivity index is 2.73. The highest BCUT2D eigenvalue weighted by atomic mass is 35.5. The van der Waals surface area contributed by atoms with E-state index in [9.17, 15) is 9.59 Å². The lowest BCUT2D eigenvalue weighted by molar-refractivity contribution is -0.114. The zero-order valence-corrected chi connectivity index (χ0v) is 12.8. The Labute approximate surface area is 129 Å². The molecule has 0 aromatic heterocycles. The molecule has 7 heteroatoms. The number of Topliss-reactive ketones (excluding diaryl/α,β-unsaturated/α-hetero) is 1. The topological polar surface area (TPSA) is 65.1 Å². The van der Waals surface area contributed by atoms with Crippen molar-refractivity contribution in [2.45, 2.75) is 12.5 Å². The highest BCUT2D eigenvalue weighted by Gasteiger charge is 2.30. The molecule has 0 N–H and O–H groups in total. The third kappa shape index (κ3) is 5.49. The van der Waals surface area contributed by atoms with Crippen molar-refractivity contribution < 1.29 is 23.8 Å². The van der Waals surface area contributed by atoms with Crippen LogP contribution in [0.4, 0.5) is 4.79 Å². The molecule has 0 saturated heterocycles. The first-order valence-corrected chi connectivity index (χ1v) is 7.06. The van der Waals surface area contributed by atoms with Crippen LogP contribution in [0, 0.1) is 0 Å². The van der Waals surface area contributed by atoms with Gasteiger partial charge in [0.15, 0.2) is 5.78 Å². The summed E-state index contributed by atoms with van der Waals surface area (Å²) in [6.45, 7) is 4.29. The molecule has 0 bridgehead atoms. The first-order valence-electron chi connectivity index (χ1n) is 6.53. The molecule has 0 aromatic rings.